The molecule has 0 atom stereocenters. The topological polar surface area (TPSA) is 83.1 Å². The standard InChI is InChI=1S/C18H30N4O2S2/c1-13-16(25-2)26-18(20-13)22-15(23)11-7-4-8-12-19-17(24)21-14-9-5-3-6-10-14/h14H,3-12H2,1-2H3,(H2,19,21,24)(H,20,22,23). The molecule has 1 aliphatic rings. The highest BCUT2D eigenvalue weighted by atomic mass is 32.2. The minimum atomic E-state index is -0.0571. The Kier molecular flexibility index (Phi) is 9.25. The first kappa shape index (κ1) is 21.0. The SMILES string of the molecule is CSc1sc(NC(=O)CCCCCNC(=O)NC2CCCCC2)nc1C. The van der Waals surface area contributed by atoms with Gasteiger partial charge < -0.3 is 16.0 Å². The van der Waals surface area contributed by atoms with Crippen LogP contribution >= 0.6 is 23.1 Å². The maximum Gasteiger partial charge on any atom is 0.315 e. The van der Waals surface area contributed by atoms with Crippen LogP contribution in [0.1, 0.15) is 63.5 Å². The number of hydrogen-bond donors (Lipinski definition) is 3. The number of aryl methyl sites for hydroxylation is 1. The van der Waals surface area contributed by atoms with E-state index in [1.807, 2.05) is 13.2 Å². The minimum Gasteiger partial charge on any atom is -0.338 e. The van der Waals surface area contributed by atoms with E-state index in [1.54, 1.807) is 11.8 Å². The second kappa shape index (κ2) is 11.4. The lowest BCUT2D eigenvalue weighted by molar-refractivity contribution is -0.116. The number of carbonyl (C=O) groups is 2. The second-order valence-corrected chi connectivity index (χ2v) is 8.76. The van der Waals surface area contributed by atoms with E-state index in [9.17, 15) is 9.59 Å². The fourth-order valence-corrected chi connectivity index (χ4v) is 4.71. The number of thioether (sulfide) groups is 1. The van der Waals surface area contributed by atoms with Crippen molar-refractivity contribution in [1.82, 2.24) is 15.6 Å². The van der Waals surface area contributed by atoms with E-state index in [2.05, 4.69) is 20.9 Å². The van der Waals surface area contributed by atoms with Gasteiger partial charge in [-0.2, -0.15) is 0 Å². The third kappa shape index (κ3) is 7.53. The van der Waals surface area contributed by atoms with Gasteiger partial charge in [0.15, 0.2) is 5.13 Å². The van der Waals surface area contributed by atoms with Gasteiger partial charge in [0, 0.05) is 19.0 Å². The summed E-state index contributed by atoms with van der Waals surface area (Å²) in [4.78, 5) is 28.1. The number of unbranched alkanes of at least 4 members (excludes halogenated alkanes) is 2. The van der Waals surface area contributed by atoms with Crippen LogP contribution in [0.5, 0.6) is 0 Å². The summed E-state index contributed by atoms with van der Waals surface area (Å²) in [6, 6.07) is 0.284. The Morgan fingerprint density at radius 3 is 2.65 bits per heavy atom. The maximum absolute atomic E-state index is 12.0. The number of nitrogens with zero attached hydrogens (tertiary/aromatic N) is 1. The average molecular weight is 399 g/mol. The quantitative estimate of drug-likeness (QED) is 0.428. The van der Waals surface area contributed by atoms with Gasteiger partial charge in [-0.05, 0) is 38.9 Å². The monoisotopic (exact) mass is 398 g/mol. The van der Waals surface area contributed by atoms with Crippen molar-refractivity contribution in [2.45, 2.75) is 75.0 Å². The van der Waals surface area contributed by atoms with Crippen LogP contribution in [0.3, 0.4) is 0 Å². The number of aromatic nitrogens is 1. The van der Waals surface area contributed by atoms with E-state index in [1.165, 1.54) is 30.6 Å². The molecule has 3 N–H and O–H groups in total. The van der Waals surface area contributed by atoms with Crippen molar-refractivity contribution < 1.29 is 9.59 Å². The number of nitrogens with one attached hydrogen (secondary N) is 3. The minimum absolute atomic E-state index is 0.00871. The second-order valence-electron chi connectivity index (χ2n) is 6.69. The van der Waals surface area contributed by atoms with Crippen molar-refractivity contribution in [3.63, 3.8) is 0 Å². The molecule has 1 saturated carbocycles. The molecule has 1 aromatic heterocycles. The molecule has 0 aromatic carbocycles. The van der Waals surface area contributed by atoms with Crippen LogP contribution < -0.4 is 16.0 Å². The van der Waals surface area contributed by atoms with E-state index in [-0.39, 0.29) is 11.9 Å². The molecular weight excluding hydrogens is 368 g/mol. The highest BCUT2D eigenvalue weighted by Gasteiger charge is 2.15. The Labute approximate surface area is 164 Å². The molecule has 1 aliphatic carbocycles. The molecule has 8 heteroatoms. The van der Waals surface area contributed by atoms with Crippen LogP contribution in [0.2, 0.25) is 0 Å². The van der Waals surface area contributed by atoms with Gasteiger partial charge in [0.2, 0.25) is 5.91 Å². The zero-order valence-electron chi connectivity index (χ0n) is 15.7. The predicted octanol–water partition coefficient (Wildman–Crippen LogP) is 4.30. The molecule has 0 radical (unpaired) electrons. The predicted molar refractivity (Wildman–Crippen MR) is 109 cm³/mol. The summed E-state index contributed by atoms with van der Waals surface area (Å²) in [5.41, 5.74) is 0.968. The number of urea groups is 1. The van der Waals surface area contributed by atoms with Gasteiger partial charge >= 0.3 is 6.03 Å². The third-order valence-electron chi connectivity index (χ3n) is 4.49. The van der Waals surface area contributed by atoms with Crippen molar-refractivity contribution in [2.24, 2.45) is 0 Å². The molecule has 1 fully saturated rings. The zero-order valence-corrected chi connectivity index (χ0v) is 17.4. The Balaban J connectivity index is 1.50. The molecule has 0 aliphatic heterocycles. The van der Waals surface area contributed by atoms with Gasteiger partial charge in [0.05, 0.1) is 9.90 Å². The van der Waals surface area contributed by atoms with E-state index >= 15 is 0 Å². The molecule has 1 heterocycles. The summed E-state index contributed by atoms with van der Waals surface area (Å²) in [7, 11) is 0. The molecule has 6 nitrogen and oxygen atoms in total. The Morgan fingerprint density at radius 1 is 1.19 bits per heavy atom. The summed E-state index contributed by atoms with van der Waals surface area (Å²) in [6.45, 7) is 2.61. The number of anilines is 1. The number of hydrogen-bond acceptors (Lipinski definition) is 5. The van der Waals surface area contributed by atoms with Crippen molar-refractivity contribution >= 4 is 40.2 Å². The molecule has 1 aromatic rings. The molecular formula is C18H30N4O2S2. The van der Waals surface area contributed by atoms with Gasteiger partial charge in [-0.25, -0.2) is 9.78 Å². The van der Waals surface area contributed by atoms with Crippen molar-refractivity contribution in [3.8, 4) is 0 Å². The summed E-state index contributed by atoms with van der Waals surface area (Å²) in [5.74, 6) is 0.00871. The van der Waals surface area contributed by atoms with Crippen molar-refractivity contribution in [2.75, 3.05) is 18.1 Å². The van der Waals surface area contributed by atoms with Gasteiger partial charge in [0.1, 0.15) is 0 Å². The number of carbonyl (C=O) groups excluding carboxylic acids is 2. The molecule has 26 heavy (non-hydrogen) atoms. The summed E-state index contributed by atoms with van der Waals surface area (Å²) in [5, 5.41) is 9.50. The van der Waals surface area contributed by atoms with E-state index in [0.29, 0.717) is 24.1 Å². The first-order chi connectivity index (χ1) is 12.6. The van der Waals surface area contributed by atoms with Gasteiger partial charge in [-0.15, -0.1) is 11.8 Å². The molecule has 0 spiro atoms. The molecule has 0 saturated heterocycles. The van der Waals surface area contributed by atoms with Crippen LogP contribution in [0.15, 0.2) is 4.21 Å². The molecule has 3 amide bonds. The lowest BCUT2D eigenvalue weighted by Crippen LogP contribution is -2.43. The third-order valence-corrected chi connectivity index (χ3v) is 6.78. The zero-order chi connectivity index (χ0) is 18.8. The normalized spacial score (nSPS) is 14.8. The fourth-order valence-electron chi connectivity index (χ4n) is 3.08. The highest BCUT2D eigenvalue weighted by molar-refractivity contribution is 8.00. The number of rotatable bonds is 9. The van der Waals surface area contributed by atoms with Crippen LogP contribution in [0, 0.1) is 6.92 Å². The first-order valence-electron chi connectivity index (χ1n) is 9.44. The largest absolute Gasteiger partial charge is 0.338 e. The first-order valence-corrected chi connectivity index (χ1v) is 11.5. The lowest BCUT2D eigenvalue weighted by Gasteiger charge is -2.22. The molecule has 2 rings (SSSR count). The Bertz CT molecular complexity index is 586. The van der Waals surface area contributed by atoms with Crippen LogP contribution in [-0.4, -0.2) is 35.8 Å². The van der Waals surface area contributed by atoms with Crippen LogP contribution in [-0.2, 0) is 4.79 Å². The van der Waals surface area contributed by atoms with E-state index < -0.39 is 0 Å². The van der Waals surface area contributed by atoms with Crippen LogP contribution in [0.25, 0.3) is 0 Å². The number of amides is 3. The fraction of sp³-hybridized carbons (Fsp3) is 0.722. The molecule has 0 unspecified atom stereocenters. The maximum atomic E-state index is 12.0. The number of thiazole rings is 1. The Morgan fingerprint density at radius 2 is 1.96 bits per heavy atom. The lowest BCUT2D eigenvalue weighted by atomic mass is 9.96. The molecule has 146 valence electrons. The molecule has 0 bridgehead atoms. The van der Waals surface area contributed by atoms with Crippen molar-refractivity contribution in [1.29, 1.82) is 0 Å². The average Bonchev–Trinajstić information content (AvgIpc) is 2.98. The van der Waals surface area contributed by atoms with E-state index in [4.69, 9.17) is 0 Å². The summed E-state index contributed by atoms with van der Waals surface area (Å²) in [6.07, 6.45) is 11.0. The van der Waals surface area contributed by atoms with Gasteiger partial charge in [0.25, 0.3) is 0 Å². The van der Waals surface area contributed by atoms with E-state index in [0.717, 1.165) is 42.0 Å². The van der Waals surface area contributed by atoms with Crippen molar-refractivity contribution in [3.05, 3.63) is 5.69 Å². The van der Waals surface area contributed by atoms with Gasteiger partial charge in [-0.3, -0.25) is 4.79 Å². The Hall–Kier alpha value is -1.28. The van der Waals surface area contributed by atoms with Crippen LogP contribution in [0.4, 0.5) is 9.93 Å². The highest BCUT2D eigenvalue weighted by Crippen LogP contribution is 2.30. The smallest absolute Gasteiger partial charge is 0.315 e. The summed E-state index contributed by atoms with van der Waals surface area (Å²) >= 11 is 3.17. The van der Waals surface area contributed by atoms with Gasteiger partial charge in [-0.1, -0.05) is 37.0 Å². The summed E-state index contributed by atoms with van der Waals surface area (Å²) < 4.78 is 1.14.